The minimum absolute atomic E-state index is 0.456. The molecule has 2 saturated carbocycles. The highest BCUT2D eigenvalue weighted by Crippen LogP contribution is 2.58. The van der Waals surface area contributed by atoms with Crippen LogP contribution in [0.4, 0.5) is 0 Å². The Balaban J connectivity index is 2.29. The molecule has 0 nitrogen and oxygen atoms in total. The summed E-state index contributed by atoms with van der Waals surface area (Å²) in [5.74, 6) is 2.52. The van der Waals surface area contributed by atoms with E-state index in [1.54, 1.807) is 5.57 Å². The number of fused-ring (bicyclic) bond motifs is 2. The molecule has 2 fully saturated rings. The molecule has 0 aliphatic heterocycles. The predicted octanol–water partition coefficient (Wildman–Crippen LogP) is 3.61. The van der Waals surface area contributed by atoms with Crippen molar-refractivity contribution in [2.24, 2.45) is 17.3 Å². The van der Waals surface area contributed by atoms with E-state index < -0.39 is 0 Å². The van der Waals surface area contributed by atoms with Crippen LogP contribution in [0.5, 0.6) is 0 Å². The van der Waals surface area contributed by atoms with Crippen LogP contribution in [0.25, 0.3) is 0 Å². The molecule has 68 valence electrons. The van der Waals surface area contributed by atoms with Gasteiger partial charge >= 0.3 is 0 Å². The third-order valence-electron chi connectivity index (χ3n) is 3.93. The Hall–Kier alpha value is 0.0300. The van der Waals surface area contributed by atoms with Crippen LogP contribution >= 0.6 is 11.6 Å². The van der Waals surface area contributed by atoms with Crippen LogP contribution in [0.2, 0.25) is 0 Å². The van der Waals surface area contributed by atoms with Crippen molar-refractivity contribution in [1.29, 1.82) is 0 Å². The summed E-state index contributed by atoms with van der Waals surface area (Å²) in [6.45, 7) is 4.77. The van der Waals surface area contributed by atoms with Crippen LogP contribution in [0.3, 0.4) is 0 Å². The summed E-state index contributed by atoms with van der Waals surface area (Å²) < 4.78 is 0. The van der Waals surface area contributed by atoms with Gasteiger partial charge in [-0.3, -0.25) is 0 Å². The number of hydrogen-bond donors (Lipinski definition) is 0. The summed E-state index contributed by atoms with van der Waals surface area (Å²) in [4.78, 5) is 0. The first kappa shape index (κ1) is 8.62. The van der Waals surface area contributed by atoms with Crippen LogP contribution in [0.15, 0.2) is 11.6 Å². The molecule has 2 aliphatic carbocycles. The van der Waals surface area contributed by atoms with Crippen LogP contribution in [0.1, 0.15) is 33.1 Å². The molecular formula is C11H17Cl. The van der Waals surface area contributed by atoms with Gasteiger partial charge in [-0.05, 0) is 36.5 Å². The van der Waals surface area contributed by atoms with E-state index in [1.165, 1.54) is 19.3 Å². The molecule has 0 heterocycles. The number of allylic oxidation sites excluding steroid dienone is 2. The third-order valence-corrected chi connectivity index (χ3v) is 4.09. The topological polar surface area (TPSA) is 0 Å². The average molecular weight is 185 g/mol. The van der Waals surface area contributed by atoms with Gasteiger partial charge in [-0.2, -0.15) is 0 Å². The Morgan fingerprint density at radius 1 is 1.50 bits per heavy atom. The first-order valence-corrected chi connectivity index (χ1v) is 5.46. The van der Waals surface area contributed by atoms with Crippen molar-refractivity contribution >= 4 is 11.6 Å². The van der Waals surface area contributed by atoms with Gasteiger partial charge in [0.25, 0.3) is 0 Å². The van der Waals surface area contributed by atoms with Crippen molar-refractivity contribution in [3.8, 4) is 0 Å². The lowest BCUT2D eigenvalue weighted by molar-refractivity contribution is 0.287. The highest BCUT2D eigenvalue weighted by atomic mass is 35.5. The molecule has 0 aromatic carbocycles. The zero-order chi connectivity index (χ0) is 8.77. The smallest absolute Gasteiger partial charge is 0.0407 e. The number of alkyl halides is 1. The first-order chi connectivity index (χ1) is 5.66. The lowest BCUT2D eigenvalue weighted by atomic mass is 9.73. The standard InChI is InChI=1S/C11H17Cl/c1-11(2)9-4-3-8(7-9)10(11)5-6-12/h5,8-9H,3-4,6-7H2,1-2H3/b10-5-. The second kappa shape index (κ2) is 2.77. The van der Waals surface area contributed by atoms with E-state index in [0.29, 0.717) is 11.3 Å². The molecule has 2 aliphatic rings. The fraction of sp³-hybridized carbons (Fsp3) is 0.818. The van der Waals surface area contributed by atoms with Gasteiger partial charge in [-0.15, -0.1) is 11.6 Å². The zero-order valence-corrected chi connectivity index (χ0v) is 8.69. The van der Waals surface area contributed by atoms with Gasteiger partial charge in [0.2, 0.25) is 0 Å². The summed E-state index contributed by atoms with van der Waals surface area (Å²) in [6, 6.07) is 0. The van der Waals surface area contributed by atoms with Crippen molar-refractivity contribution in [1.82, 2.24) is 0 Å². The minimum atomic E-state index is 0.456. The molecule has 0 amide bonds. The van der Waals surface area contributed by atoms with Gasteiger partial charge in [0.15, 0.2) is 0 Å². The molecule has 2 bridgehead atoms. The lowest BCUT2D eigenvalue weighted by Gasteiger charge is -2.32. The zero-order valence-electron chi connectivity index (χ0n) is 7.94. The maximum absolute atomic E-state index is 5.77. The van der Waals surface area contributed by atoms with Crippen LogP contribution in [-0.4, -0.2) is 5.88 Å². The van der Waals surface area contributed by atoms with Gasteiger partial charge in [0, 0.05) is 5.88 Å². The normalized spacial score (nSPS) is 41.1. The van der Waals surface area contributed by atoms with Crippen LogP contribution in [0, 0.1) is 17.3 Å². The summed E-state index contributed by atoms with van der Waals surface area (Å²) in [7, 11) is 0. The monoisotopic (exact) mass is 184 g/mol. The maximum Gasteiger partial charge on any atom is 0.0407 e. The van der Waals surface area contributed by atoms with Crippen molar-refractivity contribution in [2.75, 3.05) is 5.88 Å². The van der Waals surface area contributed by atoms with Gasteiger partial charge in [0.05, 0.1) is 0 Å². The minimum Gasteiger partial charge on any atom is -0.122 e. The van der Waals surface area contributed by atoms with Gasteiger partial charge in [-0.25, -0.2) is 0 Å². The molecular weight excluding hydrogens is 168 g/mol. The van der Waals surface area contributed by atoms with Crippen molar-refractivity contribution < 1.29 is 0 Å². The molecule has 12 heavy (non-hydrogen) atoms. The first-order valence-electron chi connectivity index (χ1n) is 4.92. The Bertz CT molecular complexity index is 215. The summed E-state index contributed by atoms with van der Waals surface area (Å²) in [5, 5.41) is 0. The van der Waals surface area contributed by atoms with E-state index in [4.69, 9.17) is 11.6 Å². The van der Waals surface area contributed by atoms with E-state index in [2.05, 4.69) is 19.9 Å². The Morgan fingerprint density at radius 3 is 2.75 bits per heavy atom. The number of hydrogen-bond acceptors (Lipinski definition) is 0. The summed E-state index contributed by atoms with van der Waals surface area (Å²) in [6.07, 6.45) is 6.54. The highest BCUT2D eigenvalue weighted by Gasteiger charge is 2.48. The van der Waals surface area contributed by atoms with Crippen molar-refractivity contribution in [2.45, 2.75) is 33.1 Å². The second-order valence-corrected chi connectivity index (χ2v) is 5.05. The molecule has 2 atom stereocenters. The number of halogens is 1. The summed E-state index contributed by atoms with van der Waals surface area (Å²) >= 11 is 5.77. The molecule has 0 spiro atoms. The van der Waals surface area contributed by atoms with E-state index >= 15 is 0 Å². The van der Waals surface area contributed by atoms with Gasteiger partial charge < -0.3 is 0 Å². The highest BCUT2D eigenvalue weighted by molar-refractivity contribution is 6.18. The third kappa shape index (κ3) is 1.04. The van der Waals surface area contributed by atoms with Crippen LogP contribution in [-0.2, 0) is 0 Å². The van der Waals surface area contributed by atoms with Crippen molar-refractivity contribution in [3.05, 3.63) is 11.6 Å². The van der Waals surface area contributed by atoms with E-state index in [0.717, 1.165) is 11.8 Å². The van der Waals surface area contributed by atoms with Gasteiger partial charge in [0.1, 0.15) is 0 Å². The average Bonchev–Trinajstić information content (AvgIpc) is 2.53. The number of rotatable bonds is 1. The van der Waals surface area contributed by atoms with Gasteiger partial charge in [-0.1, -0.05) is 25.5 Å². The molecule has 0 aromatic heterocycles. The predicted molar refractivity (Wildman–Crippen MR) is 53.4 cm³/mol. The Morgan fingerprint density at radius 2 is 2.25 bits per heavy atom. The summed E-state index contributed by atoms with van der Waals surface area (Å²) in [5.41, 5.74) is 2.10. The van der Waals surface area contributed by atoms with E-state index in [9.17, 15) is 0 Å². The largest absolute Gasteiger partial charge is 0.122 e. The lowest BCUT2D eigenvalue weighted by Crippen LogP contribution is -2.22. The fourth-order valence-electron chi connectivity index (χ4n) is 3.19. The SMILES string of the molecule is CC1(C)/C(=C\CCl)C2CCC1C2. The molecule has 0 radical (unpaired) electrons. The molecule has 2 rings (SSSR count). The van der Waals surface area contributed by atoms with E-state index in [1.807, 2.05) is 0 Å². The quantitative estimate of drug-likeness (QED) is 0.432. The Kier molecular flexibility index (Phi) is 1.99. The molecule has 1 heteroatoms. The van der Waals surface area contributed by atoms with Crippen molar-refractivity contribution in [3.63, 3.8) is 0 Å². The molecule has 0 saturated heterocycles. The molecule has 0 N–H and O–H groups in total. The molecule has 0 aromatic rings. The Labute approximate surface area is 80.0 Å². The second-order valence-electron chi connectivity index (χ2n) is 4.74. The molecule has 2 unspecified atom stereocenters. The van der Waals surface area contributed by atoms with Crippen LogP contribution < -0.4 is 0 Å². The fourth-order valence-corrected chi connectivity index (χ4v) is 3.36. The maximum atomic E-state index is 5.77. The van der Waals surface area contributed by atoms with E-state index in [-0.39, 0.29) is 0 Å².